The number of aliphatic hydroxyl groups is 2. The van der Waals surface area contributed by atoms with E-state index < -0.39 is 27.9 Å². The van der Waals surface area contributed by atoms with Crippen molar-refractivity contribution < 1.29 is 24.2 Å². The molecule has 1 aromatic carbocycles. The summed E-state index contributed by atoms with van der Waals surface area (Å²) in [5, 5.41) is 29.3. The lowest BCUT2D eigenvalue weighted by Crippen LogP contribution is -2.67. The quantitative estimate of drug-likeness (QED) is 0.155. The fourth-order valence-electron chi connectivity index (χ4n) is 11.5. The van der Waals surface area contributed by atoms with E-state index >= 15 is 0 Å². The molecule has 9 rings (SSSR count). The highest BCUT2D eigenvalue weighted by Crippen LogP contribution is 2.78. The predicted octanol–water partition coefficient (Wildman–Crippen LogP) is 8.13. The van der Waals surface area contributed by atoms with Gasteiger partial charge in [-0.05, 0) is 105 Å². The fraction of sp³-hybridized carbons (Fsp3) is 0.524. The van der Waals surface area contributed by atoms with Crippen LogP contribution in [0.15, 0.2) is 94.5 Å². The molecule has 50 heavy (non-hydrogen) atoms. The number of ketones is 1. The van der Waals surface area contributed by atoms with E-state index in [1.165, 1.54) is 4.88 Å². The second kappa shape index (κ2) is 12.1. The van der Waals surface area contributed by atoms with Gasteiger partial charge >= 0.3 is 6.03 Å². The Morgan fingerprint density at radius 1 is 0.980 bits per heavy atom. The van der Waals surface area contributed by atoms with Gasteiger partial charge < -0.3 is 24.8 Å². The lowest BCUT2D eigenvalue weighted by atomic mass is 9.32. The van der Waals surface area contributed by atoms with Gasteiger partial charge in [-0.25, -0.2) is 4.79 Å². The first-order chi connectivity index (χ1) is 23.9. The van der Waals surface area contributed by atoms with Crippen LogP contribution in [0.4, 0.5) is 4.79 Å². The maximum absolute atomic E-state index is 14.5. The average Bonchev–Trinajstić information content (AvgIpc) is 3.89. The summed E-state index contributed by atoms with van der Waals surface area (Å²) in [5.74, 6) is 0.436. The summed E-state index contributed by atoms with van der Waals surface area (Å²) in [5.41, 5.74) is -0.987. The molecule has 0 radical (unpaired) electrons. The highest BCUT2D eigenvalue weighted by Gasteiger charge is 2.74. The molecule has 3 saturated carbocycles. The van der Waals surface area contributed by atoms with Crippen LogP contribution in [0.2, 0.25) is 0 Å². The first kappa shape index (κ1) is 33.7. The minimum Gasteiger partial charge on any atom is -0.461 e. The van der Waals surface area contributed by atoms with E-state index in [-0.39, 0.29) is 41.7 Å². The molecule has 7 nitrogen and oxygen atoms in total. The third kappa shape index (κ3) is 4.88. The summed E-state index contributed by atoms with van der Waals surface area (Å²) >= 11 is 1.69. The summed E-state index contributed by atoms with van der Waals surface area (Å²) in [4.78, 5) is 31.7. The van der Waals surface area contributed by atoms with E-state index in [1.54, 1.807) is 29.7 Å². The number of allylic oxidation sites excluding steroid dienone is 4. The Balaban J connectivity index is 1.15. The van der Waals surface area contributed by atoms with Crippen molar-refractivity contribution in [1.82, 2.24) is 10.2 Å². The maximum Gasteiger partial charge on any atom is 0.317 e. The summed E-state index contributed by atoms with van der Waals surface area (Å²) < 4.78 is 5.73. The third-order valence-electron chi connectivity index (χ3n) is 14.3. The number of amides is 2. The number of Topliss-reactive ketones (excluding diaryl/α,β-unsaturated/α-hetero) is 1. The molecule has 8 heteroatoms. The van der Waals surface area contributed by atoms with Crippen LogP contribution >= 0.6 is 11.3 Å². The number of furan rings is 1. The van der Waals surface area contributed by atoms with Crippen LogP contribution in [0.25, 0.3) is 0 Å². The van der Waals surface area contributed by atoms with Crippen LogP contribution in [0.3, 0.4) is 0 Å². The molecule has 9 atom stereocenters. The molecule has 6 aliphatic rings. The molecule has 6 aliphatic carbocycles. The molecule has 0 saturated heterocycles. The number of thiophene rings is 1. The fourth-order valence-corrected chi connectivity index (χ4v) is 12.2. The van der Waals surface area contributed by atoms with E-state index in [0.717, 1.165) is 43.2 Å². The number of nitrogens with one attached hydrogen (secondary N) is 1. The van der Waals surface area contributed by atoms with E-state index in [1.807, 2.05) is 48.2 Å². The molecular formula is C42H50N2O5S. The van der Waals surface area contributed by atoms with Gasteiger partial charge in [0.25, 0.3) is 0 Å². The number of fused-ring (bicyclic) bond motifs is 1. The number of carbonyl (C=O) groups is 2. The maximum atomic E-state index is 14.5. The number of rotatable bonds is 9. The van der Waals surface area contributed by atoms with E-state index in [0.29, 0.717) is 31.6 Å². The number of urea groups is 1. The topological polar surface area (TPSA) is 103 Å². The predicted molar refractivity (Wildman–Crippen MR) is 195 cm³/mol. The Morgan fingerprint density at radius 3 is 2.48 bits per heavy atom. The minimum atomic E-state index is -1.15. The molecule has 3 N–H and O–H groups in total. The smallest absolute Gasteiger partial charge is 0.317 e. The van der Waals surface area contributed by atoms with E-state index in [2.05, 4.69) is 48.8 Å². The molecule has 1 unspecified atom stereocenters. The van der Waals surface area contributed by atoms with Crippen molar-refractivity contribution in [3.8, 4) is 0 Å². The number of nitrogens with zero attached hydrogens (tertiary/aromatic N) is 1. The number of benzene rings is 1. The molecule has 3 aromatic rings. The van der Waals surface area contributed by atoms with Crippen LogP contribution in [0.5, 0.6) is 0 Å². The molecule has 0 aliphatic heterocycles. The lowest BCUT2D eigenvalue weighted by molar-refractivity contribution is -0.174. The second-order valence-corrected chi connectivity index (χ2v) is 17.5. The Morgan fingerprint density at radius 2 is 1.74 bits per heavy atom. The first-order valence-electron chi connectivity index (χ1n) is 18.5. The van der Waals surface area contributed by atoms with Gasteiger partial charge in [-0.2, -0.15) is 0 Å². The zero-order valence-corrected chi connectivity index (χ0v) is 30.3. The zero-order chi connectivity index (χ0) is 34.9. The van der Waals surface area contributed by atoms with Crippen molar-refractivity contribution in [2.45, 2.75) is 89.9 Å². The van der Waals surface area contributed by atoms with Gasteiger partial charge in [-0.15, -0.1) is 11.3 Å². The van der Waals surface area contributed by atoms with Gasteiger partial charge in [0.1, 0.15) is 0 Å². The number of aliphatic hydroxyl groups excluding tert-OH is 1. The van der Waals surface area contributed by atoms with Crippen molar-refractivity contribution in [3.63, 3.8) is 0 Å². The van der Waals surface area contributed by atoms with Crippen LogP contribution in [0.1, 0.15) is 92.8 Å². The second-order valence-electron chi connectivity index (χ2n) is 16.4. The van der Waals surface area contributed by atoms with Gasteiger partial charge in [0, 0.05) is 33.2 Å². The number of carbonyl (C=O) groups excluding carboxylic acids is 2. The molecule has 2 amide bonds. The van der Waals surface area contributed by atoms with Crippen molar-refractivity contribution in [2.75, 3.05) is 13.1 Å². The van der Waals surface area contributed by atoms with Gasteiger partial charge in [0.2, 0.25) is 5.78 Å². The van der Waals surface area contributed by atoms with E-state index in [9.17, 15) is 19.8 Å². The monoisotopic (exact) mass is 694 g/mol. The summed E-state index contributed by atoms with van der Waals surface area (Å²) in [6.07, 6.45) is 14.0. The molecule has 264 valence electrons. The van der Waals surface area contributed by atoms with Crippen LogP contribution < -0.4 is 5.32 Å². The molecule has 2 bridgehead atoms. The van der Waals surface area contributed by atoms with E-state index in [4.69, 9.17) is 4.42 Å². The SMILES string of the molecule is C[C@@H](NC(=O)N(CCc1cccs1)C[C@]1(O)CC[C@H]2[C@]34C=C[C@@]5(C=C3C(=O)c3ccco3)CC(O)CC[C@]5(C)[C@H]4CC[C@@]21C)c1ccccc1. The first-order valence-corrected chi connectivity index (χ1v) is 19.4. The van der Waals surface area contributed by atoms with Crippen molar-refractivity contribution in [2.24, 2.45) is 33.5 Å². The Kier molecular flexibility index (Phi) is 8.12. The summed E-state index contributed by atoms with van der Waals surface area (Å²) in [6.45, 7) is 7.34. The van der Waals surface area contributed by atoms with Gasteiger partial charge in [0.15, 0.2) is 5.76 Å². The lowest BCUT2D eigenvalue weighted by Gasteiger charge is -2.71. The van der Waals surface area contributed by atoms with Crippen LogP contribution in [0, 0.1) is 33.5 Å². The van der Waals surface area contributed by atoms with Crippen LogP contribution in [-0.4, -0.2) is 51.7 Å². The van der Waals surface area contributed by atoms with Crippen molar-refractivity contribution in [3.05, 3.63) is 106 Å². The number of hydrogen-bond acceptors (Lipinski definition) is 6. The normalized spacial score (nSPS) is 37.3. The van der Waals surface area contributed by atoms with Crippen molar-refractivity contribution >= 4 is 23.2 Å². The molecule has 3 fully saturated rings. The molecule has 2 heterocycles. The Labute approximate surface area is 299 Å². The van der Waals surface area contributed by atoms with Gasteiger partial charge in [-0.3, -0.25) is 4.79 Å². The minimum absolute atomic E-state index is 0.00686. The molecule has 2 spiro atoms. The largest absolute Gasteiger partial charge is 0.461 e. The summed E-state index contributed by atoms with van der Waals surface area (Å²) in [7, 11) is 0. The van der Waals surface area contributed by atoms with Crippen LogP contribution in [-0.2, 0) is 6.42 Å². The van der Waals surface area contributed by atoms with Crippen molar-refractivity contribution in [1.29, 1.82) is 0 Å². The molecule has 2 aromatic heterocycles. The third-order valence-corrected chi connectivity index (χ3v) is 15.2. The highest BCUT2D eigenvalue weighted by atomic mass is 32.1. The zero-order valence-electron chi connectivity index (χ0n) is 29.4. The highest BCUT2D eigenvalue weighted by molar-refractivity contribution is 7.09. The summed E-state index contributed by atoms with van der Waals surface area (Å²) in [6, 6.07) is 17.3. The average molecular weight is 695 g/mol. The Hall–Kier alpha value is -3.46. The Bertz CT molecular complexity index is 1800. The van der Waals surface area contributed by atoms with Gasteiger partial charge in [0.05, 0.1) is 30.6 Å². The number of hydrogen-bond donors (Lipinski definition) is 3. The standard InChI is InChI=1S/C42H50N2O5S/c1-28(29-9-5-4-6-10-29)43-37(47)44(22-16-31-11-8-24-50-31)27-41(48)19-15-35-39(41,3)18-14-34-38(2)17-13-30(45)25-40(38)20-21-42(34,35)32(26-40)36(46)33-12-7-23-49-33/h4-12,20-21,23-24,26,28,30,34-35,45,48H,13-19,22,25,27H2,1-3H3,(H,43,47)/t28-,30?,34-,35-,38-,39+,40+,41-,42-/m1/s1. The van der Waals surface area contributed by atoms with Gasteiger partial charge in [-0.1, -0.05) is 68.5 Å². The molecular weight excluding hydrogens is 645 g/mol.